The Hall–Kier alpha value is -4.36. The number of piperazine rings is 1. The summed E-state index contributed by atoms with van der Waals surface area (Å²) in [7, 11) is 0. The molecule has 6 rings (SSSR count). The lowest BCUT2D eigenvalue weighted by Crippen LogP contribution is -2.52. The molecule has 2 aromatic heterocycles. The van der Waals surface area contributed by atoms with E-state index in [0.29, 0.717) is 85.8 Å². The number of phenolic OH excluding ortho intramolecular Hbond substituents is 1. The van der Waals surface area contributed by atoms with Gasteiger partial charge in [0.1, 0.15) is 18.1 Å². The van der Waals surface area contributed by atoms with Crippen molar-refractivity contribution in [3.63, 3.8) is 0 Å². The predicted molar refractivity (Wildman–Crippen MR) is 149 cm³/mol. The summed E-state index contributed by atoms with van der Waals surface area (Å²) in [6, 6.07) is 5.59. The Bertz CT molecular complexity index is 1680. The van der Waals surface area contributed by atoms with Crippen molar-refractivity contribution >= 4 is 22.7 Å². The average Bonchev–Trinajstić information content (AvgIpc) is 3.62. The highest BCUT2D eigenvalue weighted by atomic mass is 19.1. The van der Waals surface area contributed by atoms with Gasteiger partial charge in [-0.15, -0.1) is 0 Å². The number of aliphatic hydroxyl groups excluding tert-OH is 1. The Morgan fingerprint density at radius 3 is 2.52 bits per heavy atom. The van der Waals surface area contributed by atoms with E-state index in [4.69, 9.17) is 5.11 Å². The third kappa shape index (κ3) is 5.09. The van der Waals surface area contributed by atoms with Crippen LogP contribution in [-0.4, -0.2) is 103 Å². The van der Waals surface area contributed by atoms with Crippen LogP contribution in [0.3, 0.4) is 0 Å². The first kappa shape index (κ1) is 27.8. The molecule has 0 aliphatic carbocycles. The quantitative estimate of drug-likeness (QED) is 0.274. The summed E-state index contributed by atoms with van der Waals surface area (Å²) in [4.78, 5) is 38.0. The molecule has 220 valence electrons. The predicted octanol–water partition coefficient (Wildman–Crippen LogP) is 2.19. The molecule has 0 saturated carbocycles. The van der Waals surface area contributed by atoms with Crippen LogP contribution in [0.5, 0.6) is 5.75 Å². The average molecular weight is 580 g/mol. The molecule has 0 bridgehead atoms. The SMILES string of the molecule is CCc1cc(O)c(F)cc1-c1cc(F)c2c(-c3nc4c([nH]3)CN(C(=O)CN3CCN(C(=O)CO)CC3)CC4)n[nH]c2c1. The van der Waals surface area contributed by atoms with E-state index in [9.17, 15) is 19.1 Å². The van der Waals surface area contributed by atoms with Gasteiger partial charge < -0.3 is 25.0 Å². The number of carbonyl (C=O) groups excluding carboxylic acids is 2. The lowest BCUT2D eigenvalue weighted by molar-refractivity contribution is -0.137. The number of nitrogens with one attached hydrogen (secondary N) is 2. The number of imidazole rings is 1. The molecule has 0 spiro atoms. The number of aliphatic hydroxyl groups is 1. The van der Waals surface area contributed by atoms with E-state index in [2.05, 4.69) is 20.2 Å². The second-order valence-electron chi connectivity index (χ2n) is 10.7. The molecule has 4 heterocycles. The number of aromatic amines is 2. The first-order chi connectivity index (χ1) is 20.2. The molecule has 0 radical (unpaired) electrons. The molecule has 13 heteroatoms. The molecule has 2 aliphatic rings. The third-order valence-electron chi connectivity index (χ3n) is 8.11. The van der Waals surface area contributed by atoms with Gasteiger partial charge in [-0.05, 0) is 47.4 Å². The number of aromatic nitrogens is 4. The zero-order valence-electron chi connectivity index (χ0n) is 23.1. The highest BCUT2D eigenvalue weighted by Crippen LogP contribution is 2.35. The summed E-state index contributed by atoms with van der Waals surface area (Å²) in [5.74, 6) is -1.71. The van der Waals surface area contributed by atoms with E-state index in [1.165, 1.54) is 18.2 Å². The van der Waals surface area contributed by atoms with E-state index in [-0.39, 0.29) is 23.7 Å². The molecule has 1 fully saturated rings. The van der Waals surface area contributed by atoms with Gasteiger partial charge in [-0.3, -0.25) is 19.6 Å². The number of aromatic hydroxyl groups is 1. The number of carbonyl (C=O) groups is 2. The normalized spacial score (nSPS) is 15.8. The lowest BCUT2D eigenvalue weighted by Gasteiger charge is -2.35. The number of phenols is 1. The fraction of sp³-hybridized carbons (Fsp3) is 0.379. The van der Waals surface area contributed by atoms with Crippen LogP contribution in [0.25, 0.3) is 33.5 Å². The van der Waals surface area contributed by atoms with Crippen molar-refractivity contribution in [3.8, 4) is 28.4 Å². The van der Waals surface area contributed by atoms with Crippen LogP contribution in [0.1, 0.15) is 23.9 Å². The minimum atomic E-state index is -0.779. The van der Waals surface area contributed by atoms with Crippen molar-refractivity contribution < 1.29 is 28.6 Å². The van der Waals surface area contributed by atoms with Crippen molar-refractivity contribution in [2.45, 2.75) is 26.3 Å². The minimum absolute atomic E-state index is 0.0281. The van der Waals surface area contributed by atoms with E-state index in [0.717, 1.165) is 11.4 Å². The van der Waals surface area contributed by atoms with Crippen LogP contribution in [0, 0.1) is 11.6 Å². The fourth-order valence-corrected chi connectivity index (χ4v) is 5.77. The van der Waals surface area contributed by atoms with Crippen LogP contribution in [0.4, 0.5) is 8.78 Å². The molecule has 2 aromatic carbocycles. The maximum atomic E-state index is 15.6. The Morgan fingerprint density at radius 1 is 1.00 bits per heavy atom. The smallest absolute Gasteiger partial charge is 0.248 e. The van der Waals surface area contributed by atoms with Crippen LogP contribution < -0.4 is 0 Å². The molecule has 2 aliphatic heterocycles. The first-order valence-electron chi connectivity index (χ1n) is 13.9. The van der Waals surface area contributed by atoms with Gasteiger partial charge in [-0.2, -0.15) is 5.10 Å². The number of nitrogens with zero attached hydrogens (tertiary/aromatic N) is 5. The Balaban J connectivity index is 1.19. The summed E-state index contributed by atoms with van der Waals surface area (Å²) >= 11 is 0. The number of benzene rings is 2. The summed E-state index contributed by atoms with van der Waals surface area (Å²) in [5, 5.41) is 26.3. The van der Waals surface area contributed by atoms with Gasteiger partial charge in [0.25, 0.3) is 0 Å². The van der Waals surface area contributed by atoms with Gasteiger partial charge in [-0.25, -0.2) is 13.8 Å². The van der Waals surface area contributed by atoms with Crippen molar-refractivity contribution in [1.82, 2.24) is 34.9 Å². The number of aryl methyl sites for hydroxylation is 1. The Morgan fingerprint density at radius 2 is 1.79 bits per heavy atom. The van der Waals surface area contributed by atoms with Gasteiger partial charge in [-0.1, -0.05) is 6.92 Å². The topological polar surface area (TPSA) is 142 Å². The molecule has 4 N–H and O–H groups in total. The van der Waals surface area contributed by atoms with Crippen LogP contribution in [0.2, 0.25) is 0 Å². The molecule has 1 saturated heterocycles. The molecule has 2 amide bonds. The summed E-state index contributed by atoms with van der Waals surface area (Å²) < 4.78 is 29.7. The standard InChI is InChI=1S/C29H31F2N7O4/c1-2-16-11-24(40)19(30)12-18(16)17-9-20(31)27-22(10-17)34-35-28(27)29-32-21-3-4-38(13-23(21)33-29)25(41)14-36-5-7-37(8-6-36)26(42)15-39/h9-12,39-40H,2-8,13-15H2,1H3,(H,32,33)(H,34,35). The summed E-state index contributed by atoms with van der Waals surface area (Å²) in [6.07, 6.45) is 1.06. The van der Waals surface area contributed by atoms with Crippen LogP contribution in [0.15, 0.2) is 24.3 Å². The van der Waals surface area contributed by atoms with Gasteiger partial charge in [0.05, 0.1) is 35.4 Å². The molecular weight excluding hydrogens is 548 g/mol. The monoisotopic (exact) mass is 579 g/mol. The number of rotatable bonds is 6. The summed E-state index contributed by atoms with van der Waals surface area (Å²) in [5.41, 5.74) is 3.92. The number of hydrogen-bond acceptors (Lipinski definition) is 7. The largest absolute Gasteiger partial charge is 0.505 e. The van der Waals surface area contributed by atoms with Crippen molar-refractivity contribution in [2.24, 2.45) is 0 Å². The number of fused-ring (bicyclic) bond motifs is 2. The Labute approximate surface area is 239 Å². The molecule has 0 atom stereocenters. The molecule has 4 aromatic rings. The first-order valence-corrected chi connectivity index (χ1v) is 13.9. The maximum Gasteiger partial charge on any atom is 0.248 e. The highest BCUT2D eigenvalue weighted by Gasteiger charge is 2.28. The van der Waals surface area contributed by atoms with E-state index in [1.807, 2.05) is 11.8 Å². The zero-order chi connectivity index (χ0) is 29.5. The number of hydrogen-bond donors (Lipinski definition) is 4. The highest BCUT2D eigenvalue weighted by molar-refractivity contribution is 5.94. The van der Waals surface area contributed by atoms with Crippen LogP contribution >= 0.6 is 0 Å². The second kappa shape index (κ2) is 11.1. The van der Waals surface area contributed by atoms with Gasteiger partial charge in [0.2, 0.25) is 11.8 Å². The van der Waals surface area contributed by atoms with Crippen molar-refractivity contribution in [2.75, 3.05) is 45.9 Å². The fourth-order valence-electron chi connectivity index (χ4n) is 5.77. The van der Waals surface area contributed by atoms with E-state index >= 15 is 4.39 Å². The van der Waals surface area contributed by atoms with E-state index in [1.54, 1.807) is 15.9 Å². The van der Waals surface area contributed by atoms with Gasteiger partial charge >= 0.3 is 0 Å². The zero-order valence-corrected chi connectivity index (χ0v) is 23.1. The minimum Gasteiger partial charge on any atom is -0.505 e. The number of amides is 2. The molecule has 11 nitrogen and oxygen atoms in total. The molecule has 0 unspecified atom stereocenters. The van der Waals surface area contributed by atoms with Crippen LogP contribution in [-0.2, 0) is 29.0 Å². The molecule has 42 heavy (non-hydrogen) atoms. The number of halogens is 2. The lowest BCUT2D eigenvalue weighted by atomic mass is 9.96. The third-order valence-corrected chi connectivity index (χ3v) is 8.11. The Kier molecular flexibility index (Phi) is 7.37. The second-order valence-corrected chi connectivity index (χ2v) is 10.7. The number of H-pyrrole nitrogens is 2. The molecular formula is C29H31F2N7O4. The van der Waals surface area contributed by atoms with Crippen molar-refractivity contribution in [3.05, 3.63) is 52.9 Å². The van der Waals surface area contributed by atoms with Crippen molar-refractivity contribution in [1.29, 1.82) is 0 Å². The maximum absolute atomic E-state index is 15.6. The van der Waals surface area contributed by atoms with E-state index < -0.39 is 24.0 Å². The summed E-state index contributed by atoms with van der Waals surface area (Å²) in [6.45, 7) is 4.51. The van der Waals surface area contributed by atoms with Gasteiger partial charge in [0, 0.05) is 39.1 Å². The van der Waals surface area contributed by atoms with Gasteiger partial charge in [0.15, 0.2) is 17.4 Å².